The quantitative estimate of drug-likeness (QED) is 0.373. The Kier molecular flexibility index (Phi) is 4.59. The second kappa shape index (κ2) is 7.26. The molecule has 0 unspecified atom stereocenters. The van der Waals surface area contributed by atoms with E-state index in [4.69, 9.17) is 4.42 Å². The highest BCUT2D eigenvalue weighted by atomic mass is 32.1. The van der Waals surface area contributed by atoms with Gasteiger partial charge >= 0.3 is 5.63 Å². The Labute approximate surface area is 171 Å². The van der Waals surface area contributed by atoms with Gasteiger partial charge in [0.25, 0.3) is 5.56 Å². The van der Waals surface area contributed by atoms with E-state index >= 15 is 0 Å². The third-order valence-corrected chi connectivity index (χ3v) is 7.04. The molecule has 4 aromatic rings. The number of benzene rings is 1. The van der Waals surface area contributed by atoms with Gasteiger partial charge in [0, 0.05) is 16.3 Å². The monoisotopic (exact) mass is 406 g/mol. The molecule has 0 saturated carbocycles. The summed E-state index contributed by atoms with van der Waals surface area (Å²) in [4.78, 5) is 32.2. The van der Waals surface area contributed by atoms with E-state index < -0.39 is 5.63 Å². The van der Waals surface area contributed by atoms with Crippen molar-refractivity contribution in [1.29, 1.82) is 0 Å². The standard InChI is InChI=1S/C23H22N2O3S/c1-2-14-8-9-16-15(11-20(26)28-18(16)10-14)12-25-13-24-22-21(23(25)27)17-6-4-3-5-7-19(17)29-22/h8-11,13H,2-7,12H2,1H3. The summed E-state index contributed by atoms with van der Waals surface area (Å²) >= 11 is 1.66. The molecule has 0 N–H and O–H groups in total. The maximum atomic E-state index is 13.3. The van der Waals surface area contributed by atoms with E-state index in [0.29, 0.717) is 12.1 Å². The van der Waals surface area contributed by atoms with Crippen LogP contribution in [0.4, 0.5) is 0 Å². The van der Waals surface area contributed by atoms with Crippen molar-refractivity contribution in [3.05, 3.63) is 72.9 Å². The van der Waals surface area contributed by atoms with Crippen molar-refractivity contribution in [2.75, 3.05) is 0 Å². The molecule has 0 radical (unpaired) electrons. The summed E-state index contributed by atoms with van der Waals surface area (Å²) in [6, 6.07) is 7.40. The number of nitrogens with zero attached hydrogens (tertiary/aromatic N) is 2. The lowest BCUT2D eigenvalue weighted by Gasteiger charge is -2.09. The van der Waals surface area contributed by atoms with Crippen LogP contribution in [0.15, 0.2) is 44.6 Å². The Hall–Kier alpha value is -2.73. The van der Waals surface area contributed by atoms with Crippen molar-refractivity contribution in [3.63, 3.8) is 0 Å². The molecule has 3 aromatic heterocycles. The summed E-state index contributed by atoms with van der Waals surface area (Å²) in [5.41, 5.74) is 3.24. The highest BCUT2D eigenvalue weighted by Gasteiger charge is 2.19. The third-order valence-electron chi connectivity index (χ3n) is 5.84. The molecule has 0 saturated heterocycles. The average Bonchev–Trinajstić information content (AvgIpc) is 2.91. The fourth-order valence-electron chi connectivity index (χ4n) is 4.28. The lowest BCUT2D eigenvalue weighted by atomic mass is 10.1. The van der Waals surface area contributed by atoms with Gasteiger partial charge < -0.3 is 4.42 Å². The molecule has 29 heavy (non-hydrogen) atoms. The molecule has 148 valence electrons. The Bertz CT molecular complexity index is 1350. The molecule has 0 atom stereocenters. The van der Waals surface area contributed by atoms with Crippen LogP contribution < -0.4 is 11.2 Å². The highest BCUT2D eigenvalue weighted by Crippen LogP contribution is 2.32. The first-order valence-corrected chi connectivity index (χ1v) is 11.0. The minimum atomic E-state index is -0.396. The van der Waals surface area contributed by atoms with Crippen molar-refractivity contribution in [3.8, 4) is 0 Å². The van der Waals surface area contributed by atoms with Crippen LogP contribution in [0.2, 0.25) is 0 Å². The zero-order valence-corrected chi connectivity index (χ0v) is 17.2. The van der Waals surface area contributed by atoms with Gasteiger partial charge in [0.1, 0.15) is 10.4 Å². The fourth-order valence-corrected chi connectivity index (χ4v) is 5.50. The van der Waals surface area contributed by atoms with Crippen molar-refractivity contribution < 1.29 is 4.42 Å². The molecule has 1 aromatic carbocycles. The van der Waals surface area contributed by atoms with Gasteiger partial charge in [-0.25, -0.2) is 9.78 Å². The van der Waals surface area contributed by atoms with Crippen molar-refractivity contribution in [2.24, 2.45) is 0 Å². The van der Waals surface area contributed by atoms with Crippen LogP contribution in [0.5, 0.6) is 0 Å². The maximum Gasteiger partial charge on any atom is 0.336 e. The van der Waals surface area contributed by atoms with E-state index in [2.05, 4.69) is 11.9 Å². The predicted octanol–water partition coefficient (Wildman–Crippen LogP) is 4.44. The fraction of sp³-hybridized carbons (Fsp3) is 0.348. The van der Waals surface area contributed by atoms with E-state index in [1.807, 2.05) is 18.2 Å². The van der Waals surface area contributed by atoms with Crippen LogP contribution in [0.3, 0.4) is 0 Å². The summed E-state index contributed by atoms with van der Waals surface area (Å²) in [6.07, 6.45) is 7.99. The van der Waals surface area contributed by atoms with Gasteiger partial charge in [0.2, 0.25) is 0 Å². The number of aryl methyl sites for hydroxylation is 3. The lowest BCUT2D eigenvalue weighted by molar-refractivity contribution is 0.557. The van der Waals surface area contributed by atoms with Crippen LogP contribution in [0, 0.1) is 0 Å². The van der Waals surface area contributed by atoms with Gasteiger partial charge in [-0.1, -0.05) is 25.5 Å². The third kappa shape index (κ3) is 3.21. The molecule has 0 fully saturated rings. The Morgan fingerprint density at radius 2 is 2.00 bits per heavy atom. The van der Waals surface area contributed by atoms with E-state index in [1.165, 1.54) is 29.3 Å². The largest absolute Gasteiger partial charge is 0.423 e. The van der Waals surface area contributed by atoms with Crippen LogP contribution in [0.1, 0.15) is 47.8 Å². The van der Waals surface area contributed by atoms with Gasteiger partial charge in [-0.15, -0.1) is 11.3 Å². The number of hydrogen-bond acceptors (Lipinski definition) is 5. The molecule has 0 amide bonds. The first kappa shape index (κ1) is 18.3. The molecular formula is C23H22N2O3S. The van der Waals surface area contributed by atoms with Gasteiger partial charge in [-0.3, -0.25) is 9.36 Å². The van der Waals surface area contributed by atoms with Crippen LogP contribution >= 0.6 is 11.3 Å². The number of rotatable bonds is 3. The van der Waals surface area contributed by atoms with Crippen molar-refractivity contribution in [2.45, 2.75) is 52.0 Å². The molecule has 0 bridgehead atoms. The molecule has 5 nitrogen and oxygen atoms in total. The Balaban J connectivity index is 1.64. The molecule has 5 rings (SSSR count). The maximum absolute atomic E-state index is 13.3. The SMILES string of the molecule is CCc1ccc2c(Cn3cnc4sc5c(c4c3=O)CCCCC5)cc(=O)oc2c1. The van der Waals surface area contributed by atoms with E-state index in [-0.39, 0.29) is 5.56 Å². The molecule has 1 aliphatic rings. The zero-order chi connectivity index (χ0) is 20.0. The van der Waals surface area contributed by atoms with Crippen molar-refractivity contribution >= 4 is 32.5 Å². The van der Waals surface area contributed by atoms with Gasteiger partial charge in [0.05, 0.1) is 18.3 Å². The topological polar surface area (TPSA) is 65.1 Å². The van der Waals surface area contributed by atoms with Gasteiger partial charge in [0.15, 0.2) is 0 Å². The number of fused-ring (bicyclic) bond motifs is 4. The van der Waals surface area contributed by atoms with Crippen LogP contribution in [-0.4, -0.2) is 9.55 Å². The molecule has 3 heterocycles. The smallest absolute Gasteiger partial charge is 0.336 e. The molecule has 1 aliphatic carbocycles. The lowest BCUT2D eigenvalue weighted by Crippen LogP contribution is -2.22. The van der Waals surface area contributed by atoms with Crippen molar-refractivity contribution in [1.82, 2.24) is 9.55 Å². The summed E-state index contributed by atoms with van der Waals surface area (Å²) in [5.74, 6) is 0. The normalized spacial score (nSPS) is 14.2. The van der Waals surface area contributed by atoms with E-state index in [9.17, 15) is 9.59 Å². The van der Waals surface area contributed by atoms with Gasteiger partial charge in [-0.2, -0.15) is 0 Å². The molecule has 6 heteroatoms. The van der Waals surface area contributed by atoms with E-state index in [1.54, 1.807) is 22.2 Å². The average molecular weight is 407 g/mol. The molecular weight excluding hydrogens is 384 g/mol. The Morgan fingerprint density at radius 3 is 2.86 bits per heavy atom. The predicted molar refractivity (Wildman–Crippen MR) is 116 cm³/mol. The van der Waals surface area contributed by atoms with E-state index in [0.717, 1.165) is 52.4 Å². The number of aromatic nitrogens is 2. The zero-order valence-electron chi connectivity index (χ0n) is 16.4. The van der Waals surface area contributed by atoms with Gasteiger partial charge in [-0.05, 0) is 54.9 Å². The number of thiophene rings is 1. The van der Waals surface area contributed by atoms with Crippen LogP contribution in [0.25, 0.3) is 21.2 Å². The molecule has 0 spiro atoms. The molecule has 0 aliphatic heterocycles. The highest BCUT2D eigenvalue weighted by molar-refractivity contribution is 7.18. The summed E-state index contributed by atoms with van der Waals surface area (Å²) in [6.45, 7) is 2.37. The first-order chi connectivity index (χ1) is 14.1. The minimum Gasteiger partial charge on any atom is -0.423 e. The summed E-state index contributed by atoms with van der Waals surface area (Å²) < 4.78 is 7.03. The second-order valence-corrected chi connectivity index (χ2v) is 8.78. The second-order valence-electron chi connectivity index (χ2n) is 7.70. The summed E-state index contributed by atoms with van der Waals surface area (Å²) in [5, 5.41) is 1.63. The number of hydrogen-bond donors (Lipinski definition) is 0. The summed E-state index contributed by atoms with van der Waals surface area (Å²) in [7, 11) is 0. The Morgan fingerprint density at radius 1 is 1.14 bits per heavy atom. The first-order valence-electron chi connectivity index (χ1n) is 10.2. The van der Waals surface area contributed by atoms with Crippen LogP contribution in [-0.2, 0) is 25.8 Å². The minimum absolute atomic E-state index is 0.0130.